The molecule has 2 amide bonds. The molecule has 4 rings (SSSR count). The Kier molecular flexibility index (Phi) is 4.50. The largest absolute Gasteiger partial charge is 0.345 e. The van der Waals surface area contributed by atoms with Gasteiger partial charge in [-0.25, -0.2) is 19.5 Å². The summed E-state index contributed by atoms with van der Waals surface area (Å²) in [7, 11) is 3.38. The molecule has 4 heterocycles. The number of hydrogen-bond donors (Lipinski definition) is 0. The van der Waals surface area contributed by atoms with Gasteiger partial charge in [-0.3, -0.25) is 9.59 Å². The molecule has 0 N–H and O–H groups in total. The maximum absolute atomic E-state index is 13.1. The molecule has 0 bridgehead atoms. The summed E-state index contributed by atoms with van der Waals surface area (Å²) in [5.74, 6) is -0.252. The van der Waals surface area contributed by atoms with Gasteiger partial charge in [0.25, 0.3) is 11.8 Å². The molecule has 9 heteroatoms. The van der Waals surface area contributed by atoms with E-state index in [1.165, 1.54) is 17.4 Å². The third-order valence-electron chi connectivity index (χ3n) is 5.06. The van der Waals surface area contributed by atoms with Gasteiger partial charge in [0.15, 0.2) is 5.65 Å². The molecule has 0 aromatic carbocycles. The number of likely N-dealkylation sites (tertiary alicyclic amines) is 1. The second-order valence-corrected chi connectivity index (χ2v) is 7.04. The van der Waals surface area contributed by atoms with Gasteiger partial charge in [0, 0.05) is 33.0 Å². The minimum Gasteiger partial charge on any atom is -0.345 e. The Bertz CT molecular complexity index is 1060. The van der Waals surface area contributed by atoms with Crippen LogP contribution in [0.25, 0.3) is 5.65 Å². The maximum atomic E-state index is 13.1. The summed E-state index contributed by atoms with van der Waals surface area (Å²) in [5.41, 5.74) is 2.93. The highest BCUT2D eigenvalue weighted by Crippen LogP contribution is 2.33. The molecule has 0 aliphatic carbocycles. The van der Waals surface area contributed by atoms with Crippen LogP contribution in [0.3, 0.4) is 0 Å². The molecule has 144 valence electrons. The van der Waals surface area contributed by atoms with Gasteiger partial charge in [0.2, 0.25) is 0 Å². The van der Waals surface area contributed by atoms with Crippen molar-refractivity contribution in [1.29, 1.82) is 0 Å². The van der Waals surface area contributed by atoms with Crippen molar-refractivity contribution in [2.75, 3.05) is 20.6 Å². The van der Waals surface area contributed by atoms with Crippen LogP contribution < -0.4 is 0 Å². The van der Waals surface area contributed by atoms with Crippen LogP contribution in [-0.2, 0) is 0 Å². The molecule has 1 saturated heterocycles. The smallest absolute Gasteiger partial charge is 0.258 e. The van der Waals surface area contributed by atoms with Gasteiger partial charge in [-0.15, -0.1) is 0 Å². The van der Waals surface area contributed by atoms with Crippen LogP contribution in [0.2, 0.25) is 0 Å². The average molecular weight is 379 g/mol. The second-order valence-electron chi connectivity index (χ2n) is 7.04. The van der Waals surface area contributed by atoms with Crippen LogP contribution >= 0.6 is 0 Å². The van der Waals surface area contributed by atoms with Crippen molar-refractivity contribution in [3.05, 3.63) is 53.5 Å². The summed E-state index contributed by atoms with van der Waals surface area (Å²) >= 11 is 0. The Hall–Kier alpha value is -3.36. The fourth-order valence-corrected chi connectivity index (χ4v) is 3.63. The predicted molar refractivity (Wildman–Crippen MR) is 101 cm³/mol. The van der Waals surface area contributed by atoms with Gasteiger partial charge in [0.1, 0.15) is 11.9 Å². The molecular weight excluding hydrogens is 358 g/mol. The number of amides is 2. The molecule has 1 aliphatic heterocycles. The molecular formula is C19H21N7O2. The van der Waals surface area contributed by atoms with E-state index in [1.54, 1.807) is 37.9 Å². The van der Waals surface area contributed by atoms with Gasteiger partial charge in [-0.05, 0) is 25.8 Å². The van der Waals surface area contributed by atoms with E-state index < -0.39 is 0 Å². The van der Waals surface area contributed by atoms with E-state index in [9.17, 15) is 9.59 Å². The van der Waals surface area contributed by atoms with Crippen LogP contribution in [0.1, 0.15) is 51.0 Å². The maximum Gasteiger partial charge on any atom is 0.258 e. The fraction of sp³-hybridized carbons (Fsp3) is 0.368. The lowest BCUT2D eigenvalue weighted by atomic mass is 10.1. The minimum atomic E-state index is -0.156. The van der Waals surface area contributed by atoms with Gasteiger partial charge in [-0.2, -0.15) is 5.10 Å². The van der Waals surface area contributed by atoms with Gasteiger partial charge in [0.05, 0.1) is 29.2 Å². The molecule has 0 radical (unpaired) electrons. The lowest BCUT2D eigenvalue weighted by molar-refractivity contribution is 0.0729. The molecule has 9 nitrogen and oxygen atoms in total. The van der Waals surface area contributed by atoms with E-state index >= 15 is 0 Å². The normalized spacial score (nSPS) is 16.5. The molecule has 3 aromatic heterocycles. The number of carbonyl (C=O) groups excluding carboxylic acids is 2. The van der Waals surface area contributed by atoms with E-state index in [0.717, 1.165) is 18.5 Å². The highest BCUT2D eigenvalue weighted by molar-refractivity contribution is 5.99. The zero-order valence-electron chi connectivity index (χ0n) is 16.0. The van der Waals surface area contributed by atoms with Gasteiger partial charge >= 0.3 is 0 Å². The number of aryl methyl sites for hydroxylation is 1. The first-order valence-electron chi connectivity index (χ1n) is 9.11. The van der Waals surface area contributed by atoms with Crippen LogP contribution in [0.15, 0.2) is 31.0 Å². The Morgan fingerprint density at radius 3 is 2.75 bits per heavy atom. The molecule has 0 spiro atoms. The number of aromatic nitrogens is 5. The van der Waals surface area contributed by atoms with Crippen LogP contribution in [-0.4, -0.2) is 66.8 Å². The second kappa shape index (κ2) is 6.99. The van der Waals surface area contributed by atoms with Crippen molar-refractivity contribution >= 4 is 17.5 Å². The molecule has 1 atom stereocenters. The Morgan fingerprint density at radius 1 is 1.18 bits per heavy atom. The quantitative estimate of drug-likeness (QED) is 0.684. The van der Waals surface area contributed by atoms with Crippen molar-refractivity contribution in [3.63, 3.8) is 0 Å². The fourth-order valence-electron chi connectivity index (χ4n) is 3.63. The molecule has 1 aliphatic rings. The van der Waals surface area contributed by atoms with Gasteiger partial charge < -0.3 is 9.80 Å². The summed E-state index contributed by atoms with van der Waals surface area (Å²) in [6.07, 6.45) is 7.89. The summed E-state index contributed by atoms with van der Waals surface area (Å²) in [6, 6.07) is 1.70. The molecule has 28 heavy (non-hydrogen) atoms. The van der Waals surface area contributed by atoms with E-state index in [4.69, 9.17) is 0 Å². The molecule has 0 unspecified atom stereocenters. The Morgan fingerprint density at radius 2 is 2.00 bits per heavy atom. The van der Waals surface area contributed by atoms with Gasteiger partial charge in [-0.1, -0.05) is 0 Å². The first-order chi connectivity index (χ1) is 13.5. The summed E-state index contributed by atoms with van der Waals surface area (Å²) < 4.78 is 1.67. The topological polar surface area (TPSA) is 96.6 Å². The van der Waals surface area contributed by atoms with E-state index in [-0.39, 0.29) is 17.9 Å². The number of nitrogens with zero attached hydrogens (tertiary/aromatic N) is 7. The summed E-state index contributed by atoms with van der Waals surface area (Å²) in [4.78, 5) is 41.3. The highest BCUT2D eigenvalue weighted by Gasteiger charge is 2.33. The minimum absolute atomic E-state index is 0.0951. The third-order valence-corrected chi connectivity index (χ3v) is 5.06. The van der Waals surface area contributed by atoms with Crippen molar-refractivity contribution in [2.24, 2.45) is 0 Å². The molecule has 3 aromatic rings. The van der Waals surface area contributed by atoms with E-state index in [1.807, 2.05) is 11.0 Å². The zero-order valence-corrected chi connectivity index (χ0v) is 16.0. The number of carbonyl (C=O) groups is 2. The van der Waals surface area contributed by atoms with E-state index in [0.29, 0.717) is 29.0 Å². The van der Waals surface area contributed by atoms with Crippen molar-refractivity contribution < 1.29 is 9.59 Å². The first kappa shape index (κ1) is 18.0. The van der Waals surface area contributed by atoms with Crippen LogP contribution in [0, 0.1) is 6.92 Å². The lowest BCUT2D eigenvalue weighted by Crippen LogP contribution is -2.32. The first-order valence-corrected chi connectivity index (χ1v) is 9.11. The van der Waals surface area contributed by atoms with Crippen LogP contribution in [0.5, 0.6) is 0 Å². The number of rotatable bonds is 3. The SMILES string of the molecule is Cc1ncncc1C(=O)N1CCC[C@H]1c1ccnc2c(C(=O)N(C)C)cnn12. The lowest BCUT2D eigenvalue weighted by Gasteiger charge is -2.25. The van der Waals surface area contributed by atoms with Crippen molar-refractivity contribution in [2.45, 2.75) is 25.8 Å². The van der Waals surface area contributed by atoms with Crippen LogP contribution in [0.4, 0.5) is 0 Å². The van der Waals surface area contributed by atoms with Crippen molar-refractivity contribution in [1.82, 2.24) is 34.4 Å². The average Bonchev–Trinajstić information content (AvgIpc) is 3.34. The standard InChI is InChI=1S/C19H21N7O2/c1-12-13(9-20-11-22-12)19(28)25-8-4-5-15(25)16-6-7-21-17-14(10-23-26(16)17)18(27)24(2)3/h6-7,9-11,15H,4-5,8H2,1-3H3/t15-/m0/s1. The summed E-state index contributed by atoms with van der Waals surface area (Å²) in [6.45, 7) is 2.45. The highest BCUT2D eigenvalue weighted by atomic mass is 16.2. The Labute approximate surface area is 162 Å². The predicted octanol–water partition coefficient (Wildman–Crippen LogP) is 1.51. The summed E-state index contributed by atoms with van der Waals surface area (Å²) in [5, 5.41) is 4.39. The Balaban J connectivity index is 1.74. The van der Waals surface area contributed by atoms with Crippen molar-refractivity contribution in [3.8, 4) is 0 Å². The zero-order chi connectivity index (χ0) is 19.8. The number of fused-ring (bicyclic) bond motifs is 1. The molecule has 1 fully saturated rings. The van der Waals surface area contributed by atoms with E-state index in [2.05, 4.69) is 20.1 Å². The molecule has 0 saturated carbocycles. The monoisotopic (exact) mass is 379 g/mol. The third kappa shape index (κ3) is 2.88. The number of hydrogen-bond acceptors (Lipinski definition) is 6.